The number of aliphatic hydroxyl groups excluding tert-OH is 1. The molecule has 0 radical (unpaired) electrons. The normalized spacial score (nSPS) is 17.6. The van der Waals surface area contributed by atoms with Gasteiger partial charge in [-0.3, -0.25) is 4.57 Å². The van der Waals surface area contributed by atoms with Gasteiger partial charge in [0.25, 0.3) is 0 Å². The van der Waals surface area contributed by atoms with Gasteiger partial charge in [0.05, 0.1) is 19.3 Å². The molecule has 8 heteroatoms. The molecule has 0 fully saturated rings. The van der Waals surface area contributed by atoms with E-state index in [1.165, 1.54) is 0 Å². The van der Waals surface area contributed by atoms with Crippen LogP contribution in [0.1, 0.15) is 27.2 Å². The lowest BCUT2D eigenvalue weighted by molar-refractivity contribution is 0.00463. The number of aliphatic hydroxyl groups is 1. The SMILES string of the molecule is CC(Br)CC(C(C)Br)C(C)OCCO.O=[PH](O)O. The van der Waals surface area contributed by atoms with E-state index in [9.17, 15) is 0 Å². The van der Waals surface area contributed by atoms with Gasteiger partial charge >= 0.3 is 8.25 Å². The predicted octanol–water partition coefficient (Wildman–Crippen LogP) is 2.32. The molecule has 4 atom stereocenters. The molecular formula is C10H23Br2O5P. The molecule has 0 spiro atoms. The van der Waals surface area contributed by atoms with Crippen molar-refractivity contribution in [3.63, 3.8) is 0 Å². The minimum Gasteiger partial charge on any atom is -0.394 e. The minimum atomic E-state index is -3.13. The molecule has 0 saturated carbocycles. The summed E-state index contributed by atoms with van der Waals surface area (Å²) in [5.41, 5.74) is 0. The van der Waals surface area contributed by atoms with Crippen molar-refractivity contribution in [3.05, 3.63) is 0 Å². The summed E-state index contributed by atoms with van der Waals surface area (Å²) in [6, 6.07) is 0. The molecular weight excluding hydrogens is 391 g/mol. The van der Waals surface area contributed by atoms with Crippen molar-refractivity contribution in [2.75, 3.05) is 13.2 Å². The van der Waals surface area contributed by atoms with Gasteiger partial charge in [-0.25, -0.2) is 0 Å². The van der Waals surface area contributed by atoms with E-state index in [2.05, 4.69) is 52.6 Å². The molecule has 0 heterocycles. The van der Waals surface area contributed by atoms with Crippen LogP contribution in [0.3, 0.4) is 0 Å². The summed E-state index contributed by atoms with van der Waals surface area (Å²) >= 11 is 7.15. The largest absolute Gasteiger partial charge is 0.394 e. The average molecular weight is 414 g/mol. The lowest BCUT2D eigenvalue weighted by atomic mass is 9.95. The summed E-state index contributed by atoms with van der Waals surface area (Å²) in [5, 5.41) is 8.67. The average Bonchev–Trinajstić information content (AvgIpc) is 2.21. The van der Waals surface area contributed by atoms with Crippen LogP contribution in [0.5, 0.6) is 0 Å². The molecule has 18 heavy (non-hydrogen) atoms. The number of rotatable bonds is 7. The first-order valence-electron chi connectivity index (χ1n) is 5.64. The molecule has 0 aromatic carbocycles. The van der Waals surface area contributed by atoms with Gasteiger partial charge in [0.15, 0.2) is 0 Å². The lowest BCUT2D eigenvalue weighted by Crippen LogP contribution is -2.29. The van der Waals surface area contributed by atoms with Crippen LogP contribution in [-0.4, -0.2) is 43.9 Å². The van der Waals surface area contributed by atoms with Crippen LogP contribution in [0.2, 0.25) is 0 Å². The fraction of sp³-hybridized carbons (Fsp3) is 1.00. The third-order valence-corrected chi connectivity index (χ3v) is 3.31. The highest BCUT2D eigenvalue weighted by molar-refractivity contribution is 9.09. The quantitative estimate of drug-likeness (QED) is 0.440. The summed E-state index contributed by atoms with van der Waals surface area (Å²) < 4.78 is 14.3. The zero-order chi connectivity index (χ0) is 14.7. The Balaban J connectivity index is 0. The van der Waals surface area contributed by atoms with Crippen LogP contribution < -0.4 is 0 Å². The van der Waals surface area contributed by atoms with Crippen molar-refractivity contribution >= 4 is 40.1 Å². The van der Waals surface area contributed by atoms with E-state index in [0.717, 1.165) is 6.42 Å². The van der Waals surface area contributed by atoms with Gasteiger partial charge in [-0.05, 0) is 19.3 Å². The van der Waals surface area contributed by atoms with Gasteiger partial charge in [0.1, 0.15) is 0 Å². The first kappa shape index (κ1) is 21.3. The number of ether oxygens (including phenoxy) is 1. The molecule has 5 nitrogen and oxygen atoms in total. The van der Waals surface area contributed by atoms with Crippen molar-refractivity contribution in [3.8, 4) is 0 Å². The maximum Gasteiger partial charge on any atom is 0.314 e. The fourth-order valence-electron chi connectivity index (χ4n) is 1.49. The zero-order valence-corrected chi connectivity index (χ0v) is 15.0. The van der Waals surface area contributed by atoms with E-state index in [1.807, 2.05) is 0 Å². The first-order chi connectivity index (χ1) is 8.22. The Kier molecular flexibility index (Phi) is 15.4. The molecule has 0 saturated heterocycles. The van der Waals surface area contributed by atoms with E-state index < -0.39 is 8.25 Å². The van der Waals surface area contributed by atoms with Crippen LogP contribution >= 0.6 is 40.1 Å². The molecule has 3 N–H and O–H groups in total. The molecule has 0 aliphatic carbocycles. The van der Waals surface area contributed by atoms with Gasteiger partial charge in [0, 0.05) is 9.65 Å². The summed E-state index contributed by atoms with van der Waals surface area (Å²) in [4.78, 5) is 15.2. The second kappa shape index (κ2) is 13.0. The predicted molar refractivity (Wildman–Crippen MR) is 80.8 cm³/mol. The monoisotopic (exact) mass is 412 g/mol. The van der Waals surface area contributed by atoms with Crippen molar-refractivity contribution in [2.24, 2.45) is 5.92 Å². The van der Waals surface area contributed by atoms with Crippen molar-refractivity contribution in [1.82, 2.24) is 0 Å². The van der Waals surface area contributed by atoms with Crippen LogP contribution in [0.15, 0.2) is 0 Å². The molecule has 0 aliphatic heterocycles. The zero-order valence-electron chi connectivity index (χ0n) is 10.8. The molecule has 0 aromatic rings. The molecule has 0 amide bonds. The highest BCUT2D eigenvalue weighted by Crippen LogP contribution is 2.26. The molecule has 112 valence electrons. The third-order valence-electron chi connectivity index (χ3n) is 2.26. The molecule has 0 aliphatic rings. The van der Waals surface area contributed by atoms with Gasteiger partial charge in [0.2, 0.25) is 0 Å². The Hall–Kier alpha value is 1.03. The standard InChI is InChI=1S/C10H20Br2O2.H3O3P/c1-7(11)6-10(8(2)12)9(3)14-5-4-13;1-4(2)3/h7-10,13H,4-6H2,1-3H3;4H,(H2,1,2,3). The van der Waals surface area contributed by atoms with E-state index in [-0.39, 0.29) is 12.7 Å². The highest BCUT2D eigenvalue weighted by Gasteiger charge is 2.23. The van der Waals surface area contributed by atoms with Gasteiger partial charge in [-0.2, -0.15) is 0 Å². The third kappa shape index (κ3) is 15.1. The van der Waals surface area contributed by atoms with Gasteiger partial charge in [-0.15, -0.1) is 0 Å². The Bertz CT molecular complexity index is 212. The van der Waals surface area contributed by atoms with E-state index in [1.54, 1.807) is 0 Å². The smallest absolute Gasteiger partial charge is 0.314 e. The van der Waals surface area contributed by atoms with Crippen molar-refractivity contribution in [1.29, 1.82) is 0 Å². The molecule has 0 aromatic heterocycles. The fourth-order valence-corrected chi connectivity index (χ4v) is 2.57. The Morgan fingerprint density at radius 3 is 1.94 bits per heavy atom. The summed E-state index contributed by atoms with van der Waals surface area (Å²) in [5.74, 6) is 0.468. The first-order valence-corrected chi connectivity index (χ1v) is 8.78. The minimum absolute atomic E-state index is 0.0948. The van der Waals surface area contributed by atoms with Gasteiger partial charge in [-0.1, -0.05) is 45.7 Å². The summed E-state index contributed by atoms with van der Waals surface area (Å²) in [7, 11) is -3.13. The Morgan fingerprint density at radius 2 is 1.67 bits per heavy atom. The van der Waals surface area contributed by atoms with Crippen molar-refractivity contribution < 1.29 is 24.2 Å². The van der Waals surface area contributed by atoms with Crippen molar-refractivity contribution in [2.45, 2.75) is 43.0 Å². The second-order valence-electron chi connectivity index (χ2n) is 3.94. The number of alkyl halides is 2. The van der Waals surface area contributed by atoms with Gasteiger partial charge < -0.3 is 19.6 Å². The molecule has 4 unspecified atom stereocenters. The molecule has 0 rings (SSSR count). The maximum absolute atomic E-state index is 8.74. The second-order valence-corrected chi connectivity index (χ2v) is 7.51. The lowest BCUT2D eigenvalue weighted by Gasteiger charge is -2.27. The van der Waals surface area contributed by atoms with Crippen LogP contribution in [0.25, 0.3) is 0 Å². The molecule has 0 bridgehead atoms. The van der Waals surface area contributed by atoms with Crippen LogP contribution in [-0.2, 0) is 9.30 Å². The summed E-state index contributed by atoms with van der Waals surface area (Å²) in [6.07, 6.45) is 1.25. The van der Waals surface area contributed by atoms with Crippen LogP contribution in [0.4, 0.5) is 0 Å². The Labute approximate surface area is 126 Å². The maximum atomic E-state index is 8.74. The Morgan fingerprint density at radius 1 is 1.22 bits per heavy atom. The number of halogens is 2. The number of hydrogen-bond donors (Lipinski definition) is 3. The highest BCUT2D eigenvalue weighted by atomic mass is 79.9. The van der Waals surface area contributed by atoms with E-state index in [4.69, 9.17) is 24.2 Å². The number of hydrogen-bond acceptors (Lipinski definition) is 3. The van der Waals surface area contributed by atoms with E-state index >= 15 is 0 Å². The summed E-state index contributed by atoms with van der Waals surface area (Å²) in [6.45, 7) is 6.86. The van der Waals surface area contributed by atoms with Crippen LogP contribution in [0, 0.1) is 5.92 Å². The topological polar surface area (TPSA) is 87.0 Å². The van der Waals surface area contributed by atoms with E-state index in [0.29, 0.717) is 22.2 Å².